The van der Waals surface area contributed by atoms with Crippen molar-refractivity contribution in [3.8, 4) is 5.75 Å². The van der Waals surface area contributed by atoms with Crippen molar-refractivity contribution in [3.05, 3.63) is 63.1 Å². The van der Waals surface area contributed by atoms with Gasteiger partial charge in [0.05, 0.1) is 0 Å². The van der Waals surface area contributed by atoms with Crippen molar-refractivity contribution in [2.24, 2.45) is 5.73 Å². The van der Waals surface area contributed by atoms with Crippen molar-refractivity contribution >= 4 is 23.2 Å². The summed E-state index contributed by atoms with van der Waals surface area (Å²) in [5.74, 6) is 0.829. The standard InChI is InChI=1S/C16H15Cl2NO/c1-9-2-5-15-12(6-9)14(19)8-16(20-15)11-7-10(17)3-4-13(11)18/h2-7,14,16H,8,19H2,1H3/t14-,16?/m1/s1. The van der Waals surface area contributed by atoms with Crippen LogP contribution in [0.25, 0.3) is 0 Å². The summed E-state index contributed by atoms with van der Waals surface area (Å²) in [6, 6.07) is 11.4. The molecular formula is C16H15Cl2NO. The molecule has 0 saturated carbocycles. The highest BCUT2D eigenvalue weighted by atomic mass is 35.5. The Morgan fingerprint density at radius 1 is 1.10 bits per heavy atom. The maximum absolute atomic E-state index is 6.28. The van der Waals surface area contributed by atoms with Crippen LogP contribution in [0.5, 0.6) is 5.75 Å². The second-order valence-corrected chi connectivity index (χ2v) is 6.00. The highest BCUT2D eigenvalue weighted by Gasteiger charge is 2.28. The predicted molar refractivity (Wildman–Crippen MR) is 82.6 cm³/mol. The number of hydrogen-bond acceptors (Lipinski definition) is 2. The zero-order valence-corrected chi connectivity index (χ0v) is 12.6. The Kier molecular flexibility index (Phi) is 3.63. The van der Waals surface area contributed by atoms with E-state index in [2.05, 4.69) is 6.07 Å². The molecule has 2 aromatic rings. The zero-order chi connectivity index (χ0) is 14.3. The summed E-state index contributed by atoms with van der Waals surface area (Å²) < 4.78 is 6.06. The molecule has 0 bridgehead atoms. The minimum Gasteiger partial charge on any atom is -0.485 e. The molecule has 3 rings (SSSR count). The van der Waals surface area contributed by atoms with E-state index < -0.39 is 0 Å². The van der Waals surface area contributed by atoms with Crippen LogP contribution in [0.4, 0.5) is 0 Å². The molecule has 104 valence electrons. The van der Waals surface area contributed by atoms with Crippen LogP contribution in [0.2, 0.25) is 10.0 Å². The summed E-state index contributed by atoms with van der Waals surface area (Å²) in [7, 11) is 0. The third-order valence-electron chi connectivity index (χ3n) is 3.61. The minimum atomic E-state index is -0.161. The van der Waals surface area contributed by atoms with Crippen LogP contribution in [0.1, 0.15) is 35.3 Å². The molecule has 1 aliphatic heterocycles. The Bertz CT molecular complexity index is 657. The highest BCUT2D eigenvalue weighted by Crippen LogP contribution is 2.42. The van der Waals surface area contributed by atoms with Gasteiger partial charge in [-0.1, -0.05) is 40.9 Å². The quantitative estimate of drug-likeness (QED) is 0.819. The van der Waals surface area contributed by atoms with Crippen molar-refractivity contribution in [1.82, 2.24) is 0 Å². The minimum absolute atomic E-state index is 0.0568. The van der Waals surface area contributed by atoms with E-state index in [1.807, 2.05) is 25.1 Å². The maximum atomic E-state index is 6.28. The van der Waals surface area contributed by atoms with Crippen LogP contribution >= 0.6 is 23.2 Å². The van der Waals surface area contributed by atoms with Crippen LogP contribution < -0.4 is 10.5 Å². The van der Waals surface area contributed by atoms with E-state index in [-0.39, 0.29) is 12.1 Å². The smallest absolute Gasteiger partial charge is 0.127 e. The number of rotatable bonds is 1. The molecule has 2 nitrogen and oxygen atoms in total. The summed E-state index contributed by atoms with van der Waals surface area (Å²) in [4.78, 5) is 0. The first-order valence-electron chi connectivity index (χ1n) is 6.52. The Balaban J connectivity index is 1.99. The largest absolute Gasteiger partial charge is 0.485 e. The van der Waals surface area contributed by atoms with E-state index in [0.717, 1.165) is 16.9 Å². The molecule has 2 atom stereocenters. The Morgan fingerprint density at radius 3 is 2.70 bits per heavy atom. The van der Waals surface area contributed by atoms with E-state index in [9.17, 15) is 0 Å². The second kappa shape index (κ2) is 5.28. The molecule has 0 fully saturated rings. The molecular weight excluding hydrogens is 293 g/mol. The van der Waals surface area contributed by atoms with Gasteiger partial charge in [-0.05, 0) is 31.2 Å². The van der Waals surface area contributed by atoms with Crippen LogP contribution in [-0.4, -0.2) is 0 Å². The SMILES string of the molecule is Cc1ccc2c(c1)[C@H](N)CC(c1cc(Cl)ccc1Cl)O2. The van der Waals surface area contributed by atoms with E-state index >= 15 is 0 Å². The molecule has 1 unspecified atom stereocenters. The first-order valence-corrected chi connectivity index (χ1v) is 7.28. The number of ether oxygens (including phenoxy) is 1. The van der Waals surface area contributed by atoms with Gasteiger partial charge in [0.2, 0.25) is 0 Å². The van der Waals surface area contributed by atoms with Crippen LogP contribution in [0.15, 0.2) is 36.4 Å². The van der Waals surface area contributed by atoms with Crippen LogP contribution in [0, 0.1) is 6.92 Å². The number of halogens is 2. The van der Waals surface area contributed by atoms with Gasteiger partial charge in [0.25, 0.3) is 0 Å². The summed E-state index contributed by atoms with van der Waals surface area (Å²) in [6.07, 6.45) is 0.530. The van der Waals surface area contributed by atoms with Gasteiger partial charge in [-0.2, -0.15) is 0 Å². The molecule has 0 aromatic heterocycles. The molecule has 0 aliphatic carbocycles. The van der Waals surface area contributed by atoms with Gasteiger partial charge in [0.15, 0.2) is 0 Å². The van der Waals surface area contributed by atoms with Crippen molar-refractivity contribution in [3.63, 3.8) is 0 Å². The highest BCUT2D eigenvalue weighted by molar-refractivity contribution is 6.33. The summed E-state index contributed by atoms with van der Waals surface area (Å²) in [5.41, 5.74) is 9.40. The normalized spacial score (nSPS) is 21.2. The fourth-order valence-electron chi connectivity index (χ4n) is 2.58. The Hall–Kier alpha value is -1.22. The van der Waals surface area contributed by atoms with Crippen LogP contribution in [0.3, 0.4) is 0 Å². The van der Waals surface area contributed by atoms with E-state index in [1.165, 1.54) is 5.56 Å². The van der Waals surface area contributed by atoms with Crippen molar-refractivity contribution < 1.29 is 4.74 Å². The number of benzene rings is 2. The van der Waals surface area contributed by atoms with Gasteiger partial charge in [0.1, 0.15) is 11.9 Å². The molecule has 0 radical (unpaired) electrons. The van der Waals surface area contributed by atoms with Gasteiger partial charge in [0, 0.05) is 33.6 Å². The monoisotopic (exact) mass is 307 g/mol. The fraction of sp³-hybridized carbons (Fsp3) is 0.250. The van der Waals surface area contributed by atoms with Crippen LogP contribution in [-0.2, 0) is 0 Å². The lowest BCUT2D eigenvalue weighted by Gasteiger charge is -2.31. The van der Waals surface area contributed by atoms with Crippen molar-refractivity contribution in [1.29, 1.82) is 0 Å². The molecule has 0 amide bonds. The molecule has 4 heteroatoms. The molecule has 0 spiro atoms. The molecule has 20 heavy (non-hydrogen) atoms. The van der Waals surface area contributed by atoms with Gasteiger partial charge in [-0.15, -0.1) is 0 Å². The van der Waals surface area contributed by atoms with Gasteiger partial charge < -0.3 is 10.5 Å². The van der Waals surface area contributed by atoms with E-state index in [1.54, 1.807) is 12.1 Å². The lowest BCUT2D eigenvalue weighted by Crippen LogP contribution is -2.24. The number of nitrogens with two attached hydrogens (primary N) is 1. The second-order valence-electron chi connectivity index (χ2n) is 5.16. The van der Waals surface area contributed by atoms with Gasteiger partial charge in [-0.3, -0.25) is 0 Å². The third kappa shape index (κ3) is 2.51. The predicted octanol–water partition coefficient (Wildman–Crippen LogP) is 4.83. The van der Waals surface area contributed by atoms with Crippen molar-refractivity contribution in [2.45, 2.75) is 25.5 Å². The lowest BCUT2D eigenvalue weighted by atomic mass is 9.92. The Labute approximate surface area is 128 Å². The molecule has 2 N–H and O–H groups in total. The average Bonchev–Trinajstić information content (AvgIpc) is 2.42. The van der Waals surface area contributed by atoms with Crippen molar-refractivity contribution in [2.75, 3.05) is 0 Å². The van der Waals surface area contributed by atoms with E-state index in [4.69, 9.17) is 33.7 Å². The first-order chi connectivity index (χ1) is 9.54. The lowest BCUT2D eigenvalue weighted by molar-refractivity contribution is 0.161. The van der Waals surface area contributed by atoms with Gasteiger partial charge in [-0.25, -0.2) is 0 Å². The molecule has 1 heterocycles. The summed E-state index contributed by atoms with van der Waals surface area (Å²) in [5, 5.41) is 1.30. The van der Waals surface area contributed by atoms with Gasteiger partial charge >= 0.3 is 0 Å². The summed E-state index contributed by atoms with van der Waals surface area (Å²) in [6.45, 7) is 2.05. The zero-order valence-electron chi connectivity index (χ0n) is 11.1. The topological polar surface area (TPSA) is 35.2 Å². The molecule has 0 saturated heterocycles. The average molecular weight is 308 g/mol. The number of aryl methyl sites for hydroxylation is 1. The summed E-state index contributed by atoms with van der Waals surface area (Å²) >= 11 is 12.3. The number of fused-ring (bicyclic) bond motifs is 1. The molecule has 1 aliphatic rings. The molecule has 2 aromatic carbocycles. The third-order valence-corrected chi connectivity index (χ3v) is 4.19. The fourth-order valence-corrected chi connectivity index (χ4v) is 3.00. The number of hydrogen-bond donors (Lipinski definition) is 1. The first kappa shape index (κ1) is 13.7. The van der Waals surface area contributed by atoms with E-state index in [0.29, 0.717) is 16.5 Å². The Morgan fingerprint density at radius 2 is 1.90 bits per heavy atom. The maximum Gasteiger partial charge on any atom is 0.127 e.